The lowest BCUT2D eigenvalue weighted by molar-refractivity contribution is -0.137. The Labute approximate surface area is 338 Å². The first kappa shape index (κ1) is 42.0. The van der Waals surface area contributed by atoms with E-state index in [1.807, 2.05) is 30.3 Å². The number of carbonyl (C=O) groups excluding carboxylic acids is 1. The van der Waals surface area contributed by atoms with Gasteiger partial charge in [-0.3, -0.25) is 0 Å². The molecule has 58 heavy (non-hydrogen) atoms. The van der Waals surface area contributed by atoms with Crippen LogP contribution in [0.2, 0.25) is 5.02 Å². The fourth-order valence-electron chi connectivity index (χ4n) is 7.38. The van der Waals surface area contributed by atoms with Crippen molar-refractivity contribution in [3.63, 3.8) is 0 Å². The lowest BCUT2D eigenvalue weighted by Gasteiger charge is -2.48. The summed E-state index contributed by atoms with van der Waals surface area (Å²) in [6, 6.07) is 21.7. The molecule has 17 heteroatoms. The second-order valence-corrected chi connectivity index (χ2v) is 16.0. The van der Waals surface area contributed by atoms with Gasteiger partial charge in [-0.05, 0) is 73.1 Å². The molecule has 1 saturated carbocycles. The molecule has 0 unspecified atom stereocenters. The first-order valence-corrected chi connectivity index (χ1v) is 19.8. The monoisotopic (exact) mass is 841 g/mol. The van der Waals surface area contributed by atoms with Gasteiger partial charge in [0.1, 0.15) is 34.4 Å². The van der Waals surface area contributed by atoms with Crippen LogP contribution in [-0.4, -0.2) is 57.4 Å². The number of carbonyl (C=O) groups is 1. The summed E-state index contributed by atoms with van der Waals surface area (Å²) in [5.41, 5.74) is -0.335. The Balaban J connectivity index is 1.38. The van der Waals surface area contributed by atoms with Crippen molar-refractivity contribution in [1.29, 1.82) is 0 Å². The van der Waals surface area contributed by atoms with Crippen LogP contribution < -0.4 is 24.4 Å². The number of rotatable bonds is 13. The van der Waals surface area contributed by atoms with Crippen molar-refractivity contribution in [3.8, 4) is 11.5 Å². The molecule has 1 aliphatic carbocycles. The lowest BCUT2D eigenvalue weighted by atomic mass is 9.67. The molecule has 0 spiro atoms. The first-order chi connectivity index (χ1) is 27.7. The van der Waals surface area contributed by atoms with Gasteiger partial charge in [0, 0.05) is 29.9 Å². The molecule has 3 atom stereocenters. The van der Waals surface area contributed by atoms with Gasteiger partial charge in [0.2, 0.25) is 0 Å². The molecule has 6 rings (SSSR count). The van der Waals surface area contributed by atoms with E-state index in [1.54, 1.807) is 24.3 Å². The molecule has 2 N–H and O–H groups in total. The Bertz CT molecular complexity index is 2340. The van der Waals surface area contributed by atoms with Crippen LogP contribution in [0.15, 0.2) is 108 Å². The third-order valence-electron chi connectivity index (χ3n) is 10.2. The minimum atomic E-state index is -4.72. The normalized spacial score (nSPS) is 18.2. The molecule has 11 nitrogen and oxygen atoms in total. The molecule has 1 fully saturated rings. The number of anilines is 2. The fourth-order valence-corrected chi connectivity index (χ4v) is 9.14. The Hall–Kier alpha value is -5.61. The highest BCUT2D eigenvalue weighted by molar-refractivity contribution is 7.92. The van der Waals surface area contributed by atoms with E-state index >= 15 is 4.39 Å². The van der Waals surface area contributed by atoms with Gasteiger partial charge in [-0.25, -0.2) is 31.9 Å². The summed E-state index contributed by atoms with van der Waals surface area (Å²) in [4.78, 5) is 20.3. The highest BCUT2D eigenvalue weighted by Crippen LogP contribution is 2.44. The van der Waals surface area contributed by atoms with Gasteiger partial charge in [-0.2, -0.15) is 13.2 Å². The van der Waals surface area contributed by atoms with Crippen LogP contribution in [0.25, 0.3) is 0 Å². The van der Waals surface area contributed by atoms with Gasteiger partial charge in [-0.15, -0.1) is 0 Å². The molecule has 0 radical (unpaired) electrons. The largest absolute Gasteiger partial charge is 0.497 e. The van der Waals surface area contributed by atoms with E-state index in [-0.39, 0.29) is 42.3 Å². The number of hydrogen-bond acceptors (Lipinski definition) is 9. The average Bonchev–Trinajstić information content (AvgIpc) is 3.22. The number of halogens is 5. The highest BCUT2D eigenvalue weighted by Gasteiger charge is 2.47. The molecule has 0 saturated heterocycles. The number of alkyl carbamates (subject to hydrolysis) is 1. The first-order valence-electron chi connectivity index (χ1n) is 18.0. The average molecular weight is 842 g/mol. The molecule has 1 amide bonds. The van der Waals surface area contributed by atoms with E-state index in [9.17, 15) is 26.4 Å². The van der Waals surface area contributed by atoms with Crippen molar-refractivity contribution >= 4 is 39.2 Å². The van der Waals surface area contributed by atoms with Crippen molar-refractivity contribution < 1.29 is 45.0 Å². The lowest BCUT2D eigenvalue weighted by Crippen LogP contribution is -2.63. The van der Waals surface area contributed by atoms with Gasteiger partial charge in [0.15, 0.2) is 0 Å². The quantitative estimate of drug-likeness (QED) is 0.112. The molecular formula is C41H40ClF4N5O6S. The minimum absolute atomic E-state index is 0.0233. The summed E-state index contributed by atoms with van der Waals surface area (Å²) in [6.07, 6.45) is -1.83. The Morgan fingerprint density at radius 1 is 0.966 bits per heavy atom. The maximum Gasteiger partial charge on any atom is 0.416 e. The molecule has 0 aliphatic heterocycles. The van der Waals surface area contributed by atoms with E-state index in [2.05, 4.69) is 20.6 Å². The summed E-state index contributed by atoms with van der Waals surface area (Å²) in [5, 5.41) is 6.08. The van der Waals surface area contributed by atoms with Crippen LogP contribution in [0.4, 0.5) is 33.9 Å². The summed E-state index contributed by atoms with van der Waals surface area (Å²) in [5.74, 6) is -0.841. The zero-order chi connectivity index (χ0) is 41.7. The number of alkyl halides is 3. The summed E-state index contributed by atoms with van der Waals surface area (Å²) < 4.78 is 103. The van der Waals surface area contributed by atoms with Crippen molar-refractivity contribution in [2.75, 3.05) is 31.0 Å². The molecule has 5 aromatic rings. The Morgan fingerprint density at radius 3 is 2.41 bits per heavy atom. The second-order valence-electron chi connectivity index (χ2n) is 13.8. The Kier molecular flexibility index (Phi) is 12.7. The third-order valence-corrected chi connectivity index (χ3v) is 12.3. The van der Waals surface area contributed by atoms with Gasteiger partial charge in [0.05, 0.1) is 49.7 Å². The summed E-state index contributed by atoms with van der Waals surface area (Å²) in [6.45, 7) is -0.320. The highest BCUT2D eigenvalue weighted by atomic mass is 35.5. The fraction of sp³-hybridized carbons (Fsp3) is 0.293. The number of sulfonamides is 1. The molecule has 0 bridgehead atoms. The molecular weight excluding hydrogens is 802 g/mol. The van der Waals surface area contributed by atoms with E-state index in [1.165, 1.54) is 39.7 Å². The van der Waals surface area contributed by atoms with E-state index in [0.29, 0.717) is 29.0 Å². The van der Waals surface area contributed by atoms with Crippen LogP contribution in [-0.2, 0) is 33.9 Å². The molecule has 4 aromatic carbocycles. The SMILES string of the molecule is COC(=O)N[C@]1(Cc2ccccc2)C[C@@H](c2cccc(C(F)(F)F)c2)CC[C@@H]1Nc1cc(F)c(S(=O)(=O)N(Cc2ccc(OC)cc2OC)c2ccncn2)cc1Cl. The van der Waals surface area contributed by atoms with Gasteiger partial charge >= 0.3 is 12.3 Å². The van der Waals surface area contributed by atoms with Crippen LogP contribution in [0, 0.1) is 5.82 Å². The number of amides is 1. The summed E-state index contributed by atoms with van der Waals surface area (Å²) >= 11 is 6.80. The van der Waals surface area contributed by atoms with Crippen LogP contribution in [0.1, 0.15) is 47.4 Å². The number of benzene rings is 4. The van der Waals surface area contributed by atoms with E-state index < -0.39 is 56.1 Å². The van der Waals surface area contributed by atoms with E-state index in [0.717, 1.165) is 40.5 Å². The Morgan fingerprint density at radius 2 is 1.74 bits per heavy atom. The maximum atomic E-state index is 16.4. The van der Waals surface area contributed by atoms with Gasteiger partial charge in [0.25, 0.3) is 10.0 Å². The molecule has 306 valence electrons. The van der Waals surface area contributed by atoms with Crippen molar-refractivity contribution in [2.45, 2.75) is 60.8 Å². The number of nitrogens with one attached hydrogen (secondary N) is 2. The number of hydrogen-bond donors (Lipinski definition) is 2. The van der Waals surface area contributed by atoms with Crippen molar-refractivity contribution in [1.82, 2.24) is 15.3 Å². The van der Waals surface area contributed by atoms with E-state index in [4.69, 9.17) is 25.8 Å². The topological polar surface area (TPSA) is 132 Å². The van der Waals surface area contributed by atoms with Gasteiger partial charge in [-0.1, -0.05) is 60.1 Å². The third kappa shape index (κ3) is 9.23. The van der Waals surface area contributed by atoms with Crippen molar-refractivity contribution in [3.05, 3.63) is 137 Å². The van der Waals surface area contributed by atoms with Crippen LogP contribution >= 0.6 is 11.6 Å². The van der Waals surface area contributed by atoms with Crippen LogP contribution in [0.3, 0.4) is 0 Å². The molecule has 1 aliphatic rings. The van der Waals surface area contributed by atoms with Crippen LogP contribution in [0.5, 0.6) is 11.5 Å². The molecule has 1 heterocycles. The number of aromatic nitrogens is 2. The minimum Gasteiger partial charge on any atom is -0.497 e. The van der Waals surface area contributed by atoms with Gasteiger partial charge < -0.3 is 24.8 Å². The predicted molar refractivity (Wildman–Crippen MR) is 210 cm³/mol. The second kappa shape index (κ2) is 17.5. The van der Waals surface area contributed by atoms with Crippen molar-refractivity contribution in [2.24, 2.45) is 0 Å². The number of nitrogens with zero attached hydrogens (tertiary/aromatic N) is 3. The zero-order valence-corrected chi connectivity index (χ0v) is 33.2. The standard InChI is InChI=1S/C41H40ClF4N5O6S/c1-55-31-14-12-29(35(19-31)56-2)24-51(38-16-17-47-25-48-38)58(53,54)36-20-32(42)34(21-33(36)43)49-37-15-13-28(27-10-7-11-30(18-27)41(44,45)46)23-40(37,50-39(52)57-3)22-26-8-5-4-6-9-26/h4-12,14,16-21,25,28,37,49H,13,15,22-24H2,1-3H3,(H,50,52)/t28-,37-,40+/m0/s1. The zero-order valence-electron chi connectivity index (χ0n) is 31.6. The maximum absolute atomic E-state index is 16.4. The number of methoxy groups -OCH3 is 3. The summed E-state index contributed by atoms with van der Waals surface area (Å²) in [7, 11) is -0.628. The predicted octanol–water partition coefficient (Wildman–Crippen LogP) is 8.79. The number of ether oxygens (including phenoxy) is 3. The molecule has 1 aromatic heterocycles. The smallest absolute Gasteiger partial charge is 0.416 e.